The average molecular weight is 407 g/mol. The van der Waals surface area contributed by atoms with Gasteiger partial charge in [0.1, 0.15) is 0 Å². The molecule has 0 aliphatic carbocycles. The van der Waals surface area contributed by atoms with E-state index in [-0.39, 0.29) is 27.3 Å². The van der Waals surface area contributed by atoms with Gasteiger partial charge in [0, 0.05) is 5.69 Å². The third kappa shape index (κ3) is 4.65. The van der Waals surface area contributed by atoms with Gasteiger partial charge in [0.2, 0.25) is 0 Å². The molecule has 0 aliphatic rings. The van der Waals surface area contributed by atoms with Gasteiger partial charge >= 0.3 is 17.9 Å². The maximum Gasteiger partial charge on any atom is 0.337 e. The number of methoxy groups -OCH3 is 3. The fourth-order valence-electron chi connectivity index (χ4n) is 2.23. The van der Waals surface area contributed by atoms with E-state index in [0.717, 1.165) is 26.4 Å². The number of carbonyl (C=O) groups excluding carboxylic acids is 3. The van der Waals surface area contributed by atoms with Crippen molar-refractivity contribution in [2.24, 2.45) is 0 Å². The molecule has 1 N–H and O–H groups in total. The molecule has 0 radical (unpaired) electrons. The predicted octanol–water partition coefficient (Wildman–Crippen LogP) is 1.85. The van der Waals surface area contributed by atoms with Gasteiger partial charge in [-0.25, -0.2) is 22.8 Å². The Bertz CT molecular complexity index is 978. The highest BCUT2D eigenvalue weighted by molar-refractivity contribution is 7.92. The summed E-state index contributed by atoms with van der Waals surface area (Å²) in [4.78, 5) is 34.7. The number of hydrogen-bond donors (Lipinski definition) is 1. The van der Waals surface area contributed by atoms with Gasteiger partial charge in [-0.1, -0.05) is 0 Å². The molecule has 2 aromatic carbocycles. The zero-order chi connectivity index (χ0) is 20.9. The Morgan fingerprint density at radius 2 is 1.14 bits per heavy atom. The van der Waals surface area contributed by atoms with Crippen molar-refractivity contribution in [2.75, 3.05) is 26.1 Å². The zero-order valence-corrected chi connectivity index (χ0v) is 16.0. The van der Waals surface area contributed by atoms with E-state index in [4.69, 9.17) is 0 Å². The molecule has 0 aliphatic heterocycles. The molecule has 0 saturated heterocycles. The molecule has 0 spiro atoms. The Morgan fingerprint density at radius 1 is 0.714 bits per heavy atom. The van der Waals surface area contributed by atoms with Crippen molar-refractivity contribution >= 4 is 33.6 Å². The quantitative estimate of drug-likeness (QED) is 0.568. The van der Waals surface area contributed by atoms with Crippen molar-refractivity contribution in [3.05, 3.63) is 59.2 Å². The number of esters is 3. The standard InChI is InChI=1S/C18H17NO8S/c1-25-16(20)11-4-6-14(7-5-11)19-28(23,24)15-9-12(17(21)26-2)8-13(10-15)18(22)27-3/h4-10,19H,1-3H3. The minimum Gasteiger partial charge on any atom is -0.465 e. The van der Waals surface area contributed by atoms with E-state index in [1.54, 1.807) is 0 Å². The Kier molecular flexibility index (Phi) is 6.37. The highest BCUT2D eigenvalue weighted by atomic mass is 32.2. The van der Waals surface area contributed by atoms with Gasteiger partial charge in [0.05, 0.1) is 42.9 Å². The average Bonchev–Trinajstić information content (AvgIpc) is 2.71. The lowest BCUT2D eigenvalue weighted by atomic mass is 10.1. The summed E-state index contributed by atoms with van der Waals surface area (Å²) in [7, 11) is -0.679. The summed E-state index contributed by atoms with van der Waals surface area (Å²) in [5.41, 5.74) is 0.139. The van der Waals surface area contributed by atoms with Crippen molar-refractivity contribution in [1.29, 1.82) is 0 Å². The number of sulfonamides is 1. The van der Waals surface area contributed by atoms with Crippen molar-refractivity contribution in [3.63, 3.8) is 0 Å². The molecule has 0 aromatic heterocycles. The Balaban J connectivity index is 2.42. The summed E-state index contributed by atoms with van der Waals surface area (Å²) in [6.07, 6.45) is 0. The lowest BCUT2D eigenvalue weighted by Gasteiger charge is -2.11. The third-order valence-corrected chi connectivity index (χ3v) is 4.98. The molecular formula is C18H17NO8S. The Morgan fingerprint density at radius 3 is 1.57 bits per heavy atom. The van der Waals surface area contributed by atoms with Crippen LogP contribution in [0.2, 0.25) is 0 Å². The van der Waals surface area contributed by atoms with Crippen LogP contribution in [0.3, 0.4) is 0 Å². The van der Waals surface area contributed by atoms with E-state index in [9.17, 15) is 22.8 Å². The van der Waals surface area contributed by atoms with Gasteiger partial charge < -0.3 is 14.2 Å². The van der Waals surface area contributed by atoms with Gasteiger partial charge in [-0.3, -0.25) is 4.72 Å². The molecular weight excluding hydrogens is 390 g/mol. The number of carbonyl (C=O) groups is 3. The summed E-state index contributed by atoms with van der Waals surface area (Å²) in [5.74, 6) is -2.20. The number of rotatable bonds is 6. The van der Waals surface area contributed by atoms with Crippen molar-refractivity contribution in [3.8, 4) is 0 Å². The normalized spacial score (nSPS) is 10.7. The largest absolute Gasteiger partial charge is 0.465 e. The highest BCUT2D eigenvalue weighted by Crippen LogP contribution is 2.21. The second-order valence-corrected chi connectivity index (χ2v) is 7.09. The summed E-state index contributed by atoms with van der Waals surface area (Å²) >= 11 is 0. The van der Waals surface area contributed by atoms with Gasteiger partial charge in [-0.05, 0) is 42.5 Å². The molecule has 28 heavy (non-hydrogen) atoms. The summed E-state index contributed by atoms with van der Waals surface area (Å²) < 4.78 is 41.4. The first-order valence-corrected chi connectivity index (χ1v) is 9.23. The van der Waals surface area contributed by atoms with Crippen LogP contribution in [-0.4, -0.2) is 47.7 Å². The molecule has 0 fully saturated rings. The van der Waals surface area contributed by atoms with E-state index in [2.05, 4.69) is 18.9 Å². The Labute approximate surface area is 161 Å². The molecule has 0 amide bonds. The number of ether oxygens (including phenoxy) is 3. The van der Waals surface area contributed by atoms with Crippen LogP contribution in [0.15, 0.2) is 47.4 Å². The lowest BCUT2D eigenvalue weighted by Crippen LogP contribution is -2.16. The maximum atomic E-state index is 12.7. The Hall–Kier alpha value is -3.40. The molecule has 0 heterocycles. The van der Waals surface area contributed by atoms with Gasteiger partial charge in [-0.2, -0.15) is 0 Å². The highest BCUT2D eigenvalue weighted by Gasteiger charge is 2.21. The summed E-state index contributed by atoms with van der Waals surface area (Å²) in [6.45, 7) is 0. The third-order valence-electron chi connectivity index (χ3n) is 3.62. The first kappa shape index (κ1) is 20.9. The van der Waals surface area contributed by atoms with Gasteiger partial charge in [0.25, 0.3) is 10.0 Å². The van der Waals surface area contributed by atoms with E-state index in [1.165, 1.54) is 37.4 Å². The SMILES string of the molecule is COC(=O)c1ccc(NS(=O)(=O)c2cc(C(=O)OC)cc(C(=O)OC)c2)cc1. The second kappa shape index (κ2) is 8.53. The van der Waals surface area contributed by atoms with E-state index in [1.807, 2.05) is 0 Å². The number of benzene rings is 2. The first-order valence-electron chi connectivity index (χ1n) is 7.74. The fraction of sp³-hybridized carbons (Fsp3) is 0.167. The summed E-state index contributed by atoms with van der Waals surface area (Å²) in [6, 6.07) is 8.82. The van der Waals surface area contributed by atoms with Crippen LogP contribution in [0.4, 0.5) is 5.69 Å². The molecule has 0 bridgehead atoms. The minimum absolute atomic E-state index is 0.133. The monoisotopic (exact) mass is 407 g/mol. The smallest absolute Gasteiger partial charge is 0.337 e. The number of anilines is 1. The minimum atomic E-state index is -4.16. The topological polar surface area (TPSA) is 125 Å². The van der Waals surface area contributed by atoms with Crippen molar-refractivity contribution < 1.29 is 37.0 Å². The molecule has 0 atom stereocenters. The van der Waals surface area contributed by atoms with E-state index in [0.29, 0.717) is 0 Å². The van der Waals surface area contributed by atoms with E-state index >= 15 is 0 Å². The molecule has 2 rings (SSSR count). The van der Waals surface area contributed by atoms with Crippen LogP contribution < -0.4 is 4.72 Å². The van der Waals surface area contributed by atoms with Crippen LogP contribution in [0.25, 0.3) is 0 Å². The maximum absolute atomic E-state index is 12.7. The first-order chi connectivity index (χ1) is 13.2. The van der Waals surface area contributed by atoms with Crippen LogP contribution >= 0.6 is 0 Å². The van der Waals surface area contributed by atoms with Crippen molar-refractivity contribution in [1.82, 2.24) is 0 Å². The van der Waals surface area contributed by atoms with Crippen LogP contribution in [-0.2, 0) is 24.2 Å². The molecule has 148 valence electrons. The summed E-state index contributed by atoms with van der Waals surface area (Å²) in [5, 5.41) is 0. The molecule has 10 heteroatoms. The van der Waals surface area contributed by atoms with Gasteiger partial charge in [-0.15, -0.1) is 0 Å². The van der Waals surface area contributed by atoms with Crippen LogP contribution in [0.1, 0.15) is 31.1 Å². The van der Waals surface area contributed by atoms with Crippen LogP contribution in [0.5, 0.6) is 0 Å². The van der Waals surface area contributed by atoms with Crippen LogP contribution in [0, 0.1) is 0 Å². The fourth-order valence-corrected chi connectivity index (χ4v) is 3.36. The van der Waals surface area contributed by atoms with Gasteiger partial charge in [0.15, 0.2) is 0 Å². The molecule has 0 saturated carbocycles. The number of hydrogen-bond acceptors (Lipinski definition) is 8. The predicted molar refractivity (Wildman–Crippen MR) is 97.7 cm³/mol. The zero-order valence-electron chi connectivity index (χ0n) is 15.2. The van der Waals surface area contributed by atoms with E-state index < -0.39 is 27.9 Å². The van der Waals surface area contributed by atoms with Crippen molar-refractivity contribution in [2.45, 2.75) is 4.90 Å². The second-order valence-electron chi connectivity index (χ2n) is 5.40. The molecule has 9 nitrogen and oxygen atoms in total. The molecule has 0 unspecified atom stereocenters. The number of nitrogens with one attached hydrogen (secondary N) is 1. The molecule has 2 aromatic rings. The lowest BCUT2D eigenvalue weighted by molar-refractivity contribution is 0.0587.